The van der Waals surface area contributed by atoms with E-state index in [0.29, 0.717) is 12.1 Å². The molecule has 0 radical (unpaired) electrons. The van der Waals surface area contributed by atoms with Gasteiger partial charge in [-0.25, -0.2) is 4.99 Å². The topological polar surface area (TPSA) is 66.0 Å². The average Bonchev–Trinajstić information content (AvgIpc) is 3.37. The zero-order valence-electron chi connectivity index (χ0n) is 15.1. The van der Waals surface area contributed by atoms with E-state index in [1.165, 1.54) is 44.9 Å². The molecule has 3 rings (SSSR count). The van der Waals surface area contributed by atoms with Crippen molar-refractivity contribution >= 4 is 11.9 Å². The second kappa shape index (κ2) is 7.72. The zero-order valence-corrected chi connectivity index (χ0v) is 15.1. The lowest BCUT2D eigenvalue weighted by atomic mass is 9.78. The predicted molar refractivity (Wildman–Crippen MR) is 95.1 cm³/mol. The fraction of sp³-hybridized carbons (Fsp3) is 0.889. The third-order valence-corrected chi connectivity index (χ3v) is 5.39. The molecule has 6 nitrogen and oxygen atoms in total. The van der Waals surface area contributed by atoms with Crippen LogP contribution < -0.4 is 10.6 Å². The molecule has 2 saturated carbocycles. The molecule has 2 N–H and O–H groups in total. The maximum atomic E-state index is 11.8. The molecule has 0 aromatic heterocycles. The van der Waals surface area contributed by atoms with Crippen molar-refractivity contribution in [3.8, 4) is 0 Å². The van der Waals surface area contributed by atoms with Crippen molar-refractivity contribution in [2.24, 2.45) is 4.99 Å². The summed E-state index contributed by atoms with van der Waals surface area (Å²) in [6.45, 7) is 1.02. The first-order valence-electron chi connectivity index (χ1n) is 9.48. The number of hydrogen-bond donors (Lipinski definition) is 2. The third kappa shape index (κ3) is 4.85. The van der Waals surface area contributed by atoms with Gasteiger partial charge >= 0.3 is 0 Å². The zero-order chi connectivity index (χ0) is 17.0. The maximum Gasteiger partial charge on any atom is 0.243 e. The number of guanidine groups is 1. The first kappa shape index (κ1) is 17.5. The number of nitrogens with zero attached hydrogens (tertiary/aromatic N) is 2. The standard InChI is InChI=1S/C18H32N4O2/c1-22(2)16(23)13-19-17(20-14-6-7-14)21-15-8-11-24-18(12-15)9-4-3-5-10-18/h14-15H,3-13H2,1-2H3,(H2,19,20,21). The number of amides is 1. The Bertz CT molecular complexity index is 462. The Hall–Kier alpha value is -1.30. The molecule has 2 aliphatic carbocycles. The first-order chi connectivity index (χ1) is 11.6. The number of nitrogens with one attached hydrogen (secondary N) is 2. The number of carbonyl (C=O) groups is 1. The van der Waals surface area contributed by atoms with E-state index in [-0.39, 0.29) is 18.1 Å². The number of likely N-dealkylation sites (N-methyl/N-ethyl adjacent to an activating group) is 1. The Labute approximate surface area is 145 Å². The number of hydrogen-bond acceptors (Lipinski definition) is 3. The van der Waals surface area contributed by atoms with Gasteiger partial charge in [-0.1, -0.05) is 19.3 Å². The number of rotatable bonds is 4. The predicted octanol–water partition coefficient (Wildman–Crippen LogP) is 1.65. The molecule has 1 saturated heterocycles. The van der Waals surface area contributed by atoms with E-state index in [4.69, 9.17) is 4.74 Å². The second-order valence-electron chi connectivity index (χ2n) is 7.80. The van der Waals surface area contributed by atoms with Gasteiger partial charge < -0.3 is 20.3 Å². The Morgan fingerprint density at radius 1 is 1.12 bits per heavy atom. The van der Waals surface area contributed by atoms with E-state index in [0.717, 1.165) is 25.4 Å². The molecule has 3 aliphatic rings. The monoisotopic (exact) mass is 336 g/mol. The summed E-state index contributed by atoms with van der Waals surface area (Å²) in [5, 5.41) is 7.03. The first-order valence-corrected chi connectivity index (χ1v) is 9.48. The molecule has 0 aromatic carbocycles. The highest BCUT2D eigenvalue weighted by molar-refractivity contribution is 5.85. The Kier molecular flexibility index (Phi) is 5.64. The molecule has 136 valence electrons. The molecule has 1 unspecified atom stereocenters. The minimum absolute atomic E-state index is 0.0302. The van der Waals surface area contributed by atoms with E-state index in [9.17, 15) is 4.79 Å². The highest BCUT2D eigenvalue weighted by Gasteiger charge is 2.39. The van der Waals surface area contributed by atoms with Crippen LogP contribution >= 0.6 is 0 Å². The van der Waals surface area contributed by atoms with Crippen LogP contribution in [0.25, 0.3) is 0 Å². The van der Waals surface area contributed by atoms with Crippen LogP contribution in [-0.4, -0.2) is 61.7 Å². The van der Waals surface area contributed by atoms with E-state index >= 15 is 0 Å². The Morgan fingerprint density at radius 2 is 1.83 bits per heavy atom. The third-order valence-electron chi connectivity index (χ3n) is 5.39. The quantitative estimate of drug-likeness (QED) is 0.605. The number of aliphatic imine (C=N–C) groups is 1. The van der Waals surface area contributed by atoms with E-state index in [1.807, 2.05) is 0 Å². The molecule has 6 heteroatoms. The summed E-state index contributed by atoms with van der Waals surface area (Å²) in [7, 11) is 3.54. The van der Waals surface area contributed by atoms with Crippen molar-refractivity contribution in [1.82, 2.24) is 15.5 Å². The van der Waals surface area contributed by atoms with Gasteiger partial charge in [0.2, 0.25) is 5.91 Å². The van der Waals surface area contributed by atoms with Gasteiger partial charge in [0.1, 0.15) is 6.54 Å². The van der Waals surface area contributed by atoms with Gasteiger partial charge in [0.15, 0.2) is 5.96 Å². The molecule has 1 atom stereocenters. The summed E-state index contributed by atoms with van der Waals surface area (Å²) < 4.78 is 6.18. The highest BCUT2D eigenvalue weighted by atomic mass is 16.5. The lowest BCUT2D eigenvalue weighted by Gasteiger charge is -2.44. The van der Waals surface area contributed by atoms with E-state index in [2.05, 4.69) is 15.6 Å². The normalized spacial score (nSPS) is 26.9. The highest BCUT2D eigenvalue weighted by Crippen LogP contribution is 2.38. The van der Waals surface area contributed by atoms with Crippen molar-refractivity contribution in [1.29, 1.82) is 0 Å². The molecule has 1 amide bonds. The summed E-state index contributed by atoms with van der Waals surface area (Å²) in [5.41, 5.74) is 0.0817. The fourth-order valence-electron chi connectivity index (χ4n) is 3.73. The van der Waals surface area contributed by atoms with Crippen LogP contribution in [0.5, 0.6) is 0 Å². The largest absolute Gasteiger partial charge is 0.375 e. The van der Waals surface area contributed by atoms with Crippen molar-refractivity contribution in [3.05, 3.63) is 0 Å². The molecular formula is C18H32N4O2. The summed E-state index contributed by atoms with van der Waals surface area (Å²) in [6, 6.07) is 0.908. The molecule has 1 heterocycles. The molecule has 1 aliphatic heterocycles. The van der Waals surface area contributed by atoms with Crippen LogP contribution in [0.3, 0.4) is 0 Å². The SMILES string of the molecule is CN(C)C(=O)CN=C(NC1CC1)NC1CCOC2(CCCCC2)C1. The lowest BCUT2D eigenvalue weighted by Crippen LogP contribution is -2.52. The second-order valence-corrected chi connectivity index (χ2v) is 7.80. The molecule has 24 heavy (non-hydrogen) atoms. The molecule has 0 bridgehead atoms. The van der Waals surface area contributed by atoms with Crippen molar-refractivity contribution in [2.45, 2.75) is 75.5 Å². The minimum atomic E-state index is 0.0302. The van der Waals surface area contributed by atoms with Crippen LogP contribution in [0.1, 0.15) is 57.8 Å². The van der Waals surface area contributed by atoms with E-state index < -0.39 is 0 Å². The summed E-state index contributed by atoms with van der Waals surface area (Å²) >= 11 is 0. The molecule has 3 fully saturated rings. The minimum Gasteiger partial charge on any atom is -0.375 e. The van der Waals surface area contributed by atoms with Gasteiger partial charge in [-0.15, -0.1) is 0 Å². The Balaban J connectivity index is 1.58. The summed E-state index contributed by atoms with van der Waals surface area (Å²) in [5.74, 6) is 0.827. The van der Waals surface area contributed by atoms with Crippen molar-refractivity contribution in [3.63, 3.8) is 0 Å². The maximum absolute atomic E-state index is 11.8. The summed E-state index contributed by atoms with van der Waals surface area (Å²) in [6.07, 6.45) is 10.7. The average molecular weight is 336 g/mol. The van der Waals surface area contributed by atoms with Crippen LogP contribution in [0.2, 0.25) is 0 Å². The van der Waals surface area contributed by atoms with Crippen LogP contribution in [0.15, 0.2) is 4.99 Å². The number of carbonyl (C=O) groups excluding carboxylic acids is 1. The Morgan fingerprint density at radius 3 is 2.50 bits per heavy atom. The van der Waals surface area contributed by atoms with Crippen LogP contribution in [-0.2, 0) is 9.53 Å². The van der Waals surface area contributed by atoms with Crippen LogP contribution in [0, 0.1) is 0 Å². The van der Waals surface area contributed by atoms with Gasteiger partial charge in [-0.2, -0.15) is 0 Å². The molecule has 1 spiro atoms. The number of ether oxygens (including phenoxy) is 1. The van der Waals surface area contributed by atoms with Gasteiger partial charge in [0.05, 0.1) is 5.60 Å². The van der Waals surface area contributed by atoms with Gasteiger partial charge in [-0.05, 0) is 38.5 Å². The van der Waals surface area contributed by atoms with Gasteiger partial charge in [0, 0.05) is 32.8 Å². The van der Waals surface area contributed by atoms with Crippen molar-refractivity contribution in [2.75, 3.05) is 27.2 Å². The smallest absolute Gasteiger partial charge is 0.243 e. The summed E-state index contributed by atoms with van der Waals surface area (Å²) in [4.78, 5) is 17.9. The van der Waals surface area contributed by atoms with Gasteiger partial charge in [-0.3, -0.25) is 4.79 Å². The fourth-order valence-corrected chi connectivity index (χ4v) is 3.73. The van der Waals surface area contributed by atoms with Crippen LogP contribution in [0.4, 0.5) is 0 Å². The molecular weight excluding hydrogens is 304 g/mol. The van der Waals surface area contributed by atoms with Crippen molar-refractivity contribution < 1.29 is 9.53 Å². The lowest BCUT2D eigenvalue weighted by molar-refractivity contribution is -0.127. The molecule has 0 aromatic rings. The van der Waals surface area contributed by atoms with Gasteiger partial charge in [0.25, 0.3) is 0 Å². The van der Waals surface area contributed by atoms with E-state index in [1.54, 1.807) is 19.0 Å².